The second-order valence-electron chi connectivity index (χ2n) is 7.56. The third-order valence-corrected chi connectivity index (χ3v) is 5.69. The summed E-state index contributed by atoms with van der Waals surface area (Å²) in [5.74, 6) is 1.58. The Labute approximate surface area is 201 Å². The number of aliphatic hydroxyl groups is 1. The average Bonchev–Trinajstić information content (AvgIpc) is 2.84. The third kappa shape index (κ3) is 10.4. The van der Waals surface area contributed by atoms with Crippen LogP contribution >= 0.6 is 0 Å². The number of aliphatic hydroxyl groups excluding tert-OH is 1. The van der Waals surface area contributed by atoms with E-state index in [1.807, 2.05) is 61.5 Å². The molecule has 0 saturated heterocycles. The first-order valence-electron chi connectivity index (χ1n) is 10.9. The van der Waals surface area contributed by atoms with E-state index in [2.05, 4.69) is 0 Å². The van der Waals surface area contributed by atoms with Crippen molar-refractivity contribution in [2.24, 2.45) is 0 Å². The Morgan fingerprint density at radius 3 is 2.06 bits per heavy atom. The van der Waals surface area contributed by atoms with Gasteiger partial charge in [0.25, 0.3) is 10.1 Å². The second kappa shape index (κ2) is 14.4. The Morgan fingerprint density at radius 1 is 0.882 bits per heavy atom. The van der Waals surface area contributed by atoms with Crippen molar-refractivity contribution >= 4 is 10.1 Å². The zero-order chi connectivity index (χ0) is 24.8. The fourth-order valence-corrected chi connectivity index (χ4v) is 3.37. The monoisotopic (exact) mass is 488 g/mol. The topological polar surface area (TPSA) is 102 Å². The lowest BCUT2D eigenvalue weighted by atomic mass is 10.2. The van der Waals surface area contributed by atoms with E-state index >= 15 is 0 Å². The molecule has 0 fully saturated rings. The van der Waals surface area contributed by atoms with Crippen LogP contribution in [0.3, 0.4) is 0 Å². The van der Waals surface area contributed by atoms with E-state index in [0.29, 0.717) is 19.6 Å². The molecule has 0 amide bonds. The first-order valence-corrected chi connectivity index (χ1v) is 12.3. The maximum absolute atomic E-state index is 10.5. The van der Waals surface area contributed by atoms with Crippen LogP contribution in [0.15, 0.2) is 83.8 Å². The summed E-state index contributed by atoms with van der Waals surface area (Å²) in [6.07, 6.45) is 1.41. The summed E-state index contributed by atoms with van der Waals surface area (Å²) in [5, 5.41) is 9.03. The minimum absolute atomic E-state index is 0.0514. The number of hydrogen-bond acceptors (Lipinski definition) is 6. The lowest BCUT2D eigenvalue weighted by Gasteiger charge is -2.18. The van der Waals surface area contributed by atoms with Crippen molar-refractivity contribution in [1.82, 2.24) is 0 Å². The fraction of sp³-hybridized carbons (Fsp3) is 0.308. The van der Waals surface area contributed by atoms with Crippen LogP contribution in [-0.2, 0) is 21.5 Å². The van der Waals surface area contributed by atoms with Gasteiger partial charge in [-0.1, -0.05) is 48.0 Å². The molecular formula is C26H32O7S. The highest BCUT2D eigenvalue weighted by molar-refractivity contribution is 7.85. The molecule has 0 radical (unpaired) electrons. The lowest BCUT2D eigenvalue weighted by molar-refractivity contribution is 0.00123. The molecule has 3 rings (SSSR count). The molecule has 0 bridgehead atoms. The molecule has 0 heterocycles. The summed E-state index contributed by atoms with van der Waals surface area (Å²) in [4.78, 5) is -0.0666. The Hall–Kier alpha value is -2.91. The maximum atomic E-state index is 10.5. The number of ether oxygens (including phenoxy) is 3. The summed E-state index contributed by atoms with van der Waals surface area (Å²) >= 11 is 0. The summed E-state index contributed by atoms with van der Waals surface area (Å²) < 4.78 is 46.4. The van der Waals surface area contributed by atoms with Gasteiger partial charge in [-0.25, -0.2) is 0 Å². The summed E-state index contributed by atoms with van der Waals surface area (Å²) in [6.45, 7) is 3.00. The van der Waals surface area contributed by atoms with Crippen molar-refractivity contribution < 1.29 is 32.3 Å². The van der Waals surface area contributed by atoms with E-state index in [1.54, 1.807) is 19.2 Å². The quantitative estimate of drug-likeness (QED) is 0.378. The van der Waals surface area contributed by atoms with E-state index in [9.17, 15) is 8.42 Å². The number of hydrogen-bond donors (Lipinski definition) is 2. The van der Waals surface area contributed by atoms with E-state index in [4.69, 9.17) is 23.9 Å². The van der Waals surface area contributed by atoms with Crippen molar-refractivity contribution in [2.75, 3.05) is 20.3 Å². The molecule has 0 aromatic heterocycles. The standard InChI is InChI=1S/C19H24O4.C7H8O3S/c1-21-17-9-11-18(12-10-17)23-15-19(8-5-13-20)22-14-16-6-3-2-4-7-16;1-6-2-4-7(5-3-6)11(8,9)10/h2-4,6-7,9-12,19-20H,5,8,13-15H2,1H3;2-5H,1H3,(H,8,9,10). The largest absolute Gasteiger partial charge is 0.497 e. The van der Waals surface area contributed by atoms with Crippen LogP contribution in [0.2, 0.25) is 0 Å². The number of benzene rings is 3. The van der Waals surface area contributed by atoms with Gasteiger partial charge in [0.15, 0.2) is 0 Å². The van der Waals surface area contributed by atoms with Gasteiger partial charge in [0.1, 0.15) is 18.1 Å². The van der Waals surface area contributed by atoms with Crippen molar-refractivity contribution in [3.63, 3.8) is 0 Å². The Kier molecular flexibility index (Phi) is 11.6. The van der Waals surface area contributed by atoms with Gasteiger partial charge in [-0.3, -0.25) is 4.55 Å². The lowest BCUT2D eigenvalue weighted by Crippen LogP contribution is -2.22. The van der Waals surface area contributed by atoms with Crippen LogP contribution in [0.4, 0.5) is 0 Å². The molecule has 1 unspecified atom stereocenters. The van der Waals surface area contributed by atoms with Gasteiger partial charge in [-0.15, -0.1) is 0 Å². The zero-order valence-corrected chi connectivity index (χ0v) is 20.3. The molecule has 2 N–H and O–H groups in total. The minimum Gasteiger partial charge on any atom is -0.497 e. The van der Waals surface area contributed by atoms with Crippen molar-refractivity contribution in [1.29, 1.82) is 0 Å². The Bertz CT molecular complexity index is 1050. The molecule has 8 heteroatoms. The molecule has 0 aliphatic carbocycles. The minimum atomic E-state index is -4.02. The highest BCUT2D eigenvalue weighted by Gasteiger charge is 2.11. The molecule has 1 atom stereocenters. The zero-order valence-electron chi connectivity index (χ0n) is 19.5. The normalized spacial score (nSPS) is 11.8. The summed E-state index contributed by atoms with van der Waals surface area (Å²) in [5.41, 5.74) is 2.09. The van der Waals surface area contributed by atoms with E-state index in [0.717, 1.165) is 29.0 Å². The molecule has 184 valence electrons. The van der Waals surface area contributed by atoms with E-state index < -0.39 is 10.1 Å². The van der Waals surface area contributed by atoms with Crippen LogP contribution in [0, 0.1) is 6.92 Å². The van der Waals surface area contributed by atoms with E-state index in [-0.39, 0.29) is 17.6 Å². The first kappa shape index (κ1) is 27.3. The Morgan fingerprint density at radius 2 is 1.50 bits per heavy atom. The molecule has 3 aromatic rings. The van der Waals surface area contributed by atoms with Crippen LogP contribution in [0.1, 0.15) is 24.0 Å². The second-order valence-corrected chi connectivity index (χ2v) is 8.98. The predicted octanol–water partition coefficient (Wildman–Crippen LogP) is 4.67. The van der Waals surface area contributed by atoms with Crippen LogP contribution in [0.5, 0.6) is 11.5 Å². The molecule has 34 heavy (non-hydrogen) atoms. The van der Waals surface area contributed by atoms with Gasteiger partial charge < -0.3 is 19.3 Å². The SMILES string of the molecule is COc1ccc(OCC(CCCO)OCc2ccccc2)cc1.Cc1ccc(S(=O)(=O)O)cc1. The van der Waals surface area contributed by atoms with Crippen LogP contribution in [0.25, 0.3) is 0 Å². The van der Waals surface area contributed by atoms with Crippen molar-refractivity contribution in [3.8, 4) is 11.5 Å². The fourth-order valence-electron chi connectivity index (χ4n) is 2.89. The van der Waals surface area contributed by atoms with Gasteiger partial charge in [-0.05, 0) is 61.7 Å². The van der Waals surface area contributed by atoms with Gasteiger partial charge in [0.05, 0.1) is 24.7 Å². The highest BCUT2D eigenvalue weighted by Crippen LogP contribution is 2.18. The molecule has 0 spiro atoms. The summed E-state index contributed by atoms with van der Waals surface area (Å²) in [6, 6.07) is 23.5. The number of methoxy groups -OCH3 is 1. The molecule has 3 aromatic carbocycles. The van der Waals surface area contributed by atoms with Gasteiger partial charge >= 0.3 is 0 Å². The smallest absolute Gasteiger partial charge is 0.294 e. The van der Waals surface area contributed by atoms with Crippen molar-refractivity contribution in [3.05, 3.63) is 90.0 Å². The van der Waals surface area contributed by atoms with Gasteiger partial charge in [0.2, 0.25) is 0 Å². The van der Waals surface area contributed by atoms with Crippen LogP contribution < -0.4 is 9.47 Å². The van der Waals surface area contributed by atoms with Gasteiger partial charge in [-0.2, -0.15) is 8.42 Å². The molecule has 0 aliphatic heterocycles. The van der Waals surface area contributed by atoms with E-state index in [1.165, 1.54) is 12.1 Å². The predicted molar refractivity (Wildman–Crippen MR) is 131 cm³/mol. The first-order chi connectivity index (χ1) is 16.3. The molecule has 0 aliphatic rings. The molecule has 7 nitrogen and oxygen atoms in total. The molecular weight excluding hydrogens is 456 g/mol. The van der Waals surface area contributed by atoms with Crippen LogP contribution in [-0.4, -0.2) is 44.5 Å². The maximum Gasteiger partial charge on any atom is 0.294 e. The number of rotatable bonds is 11. The average molecular weight is 489 g/mol. The van der Waals surface area contributed by atoms with Gasteiger partial charge in [0, 0.05) is 6.61 Å². The highest BCUT2D eigenvalue weighted by atomic mass is 32.2. The third-order valence-electron chi connectivity index (χ3n) is 4.83. The number of aryl methyl sites for hydroxylation is 1. The molecule has 0 saturated carbocycles. The summed E-state index contributed by atoms with van der Waals surface area (Å²) in [7, 11) is -2.38. The van der Waals surface area contributed by atoms with Crippen molar-refractivity contribution in [2.45, 2.75) is 37.4 Å². The Balaban J connectivity index is 0.000000310.